The van der Waals surface area contributed by atoms with Gasteiger partial charge in [-0.15, -0.1) is 0 Å². The quantitative estimate of drug-likeness (QED) is 0.0724. The zero-order valence-electron chi connectivity index (χ0n) is 33.5. The second-order valence-corrected chi connectivity index (χ2v) is 15.3. The molecule has 0 saturated carbocycles. The van der Waals surface area contributed by atoms with Crippen molar-refractivity contribution in [3.8, 4) is 56.0 Å². The van der Waals surface area contributed by atoms with Gasteiger partial charge in [0.05, 0.1) is 0 Å². The van der Waals surface area contributed by atoms with Crippen molar-refractivity contribution in [3.63, 3.8) is 0 Å². The Labute approximate surface area is 333 Å². The standard InChI is InChI=1S/C52H59O2P/c1-5-9-21-41-29-19-30-42(22-10-6-2)51(41)47-35-33-45(37-49(47)39-25-15-13-16-26-39)53-55-54-46-34-36-48(50(38-46)40-27-17-14-18-28-40)52-43(23-11-7-3)31-20-32-44(52)24-12-8-4/h13-20,25-38,55H,5-12,21-24H2,1-4H3. The molecule has 0 fully saturated rings. The van der Waals surface area contributed by atoms with Crippen LogP contribution in [-0.2, 0) is 25.7 Å². The van der Waals surface area contributed by atoms with E-state index in [9.17, 15) is 0 Å². The van der Waals surface area contributed by atoms with E-state index in [-0.39, 0.29) is 9.03 Å². The molecule has 0 aliphatic rings. The molecule has 0 aliphatic carbocycles. The molecular formula is C52H59O2P. The van der Waals surface area contributed by atoms with Crippen LogP contribution in [0.1, 0.15) is 101 Å². The fourth-order valence-corrected chi connectivity index (χ4v) is 8.23. The molecule has 0 N–H and O–H groups in total. The lowest BCUT2D eigenvalue weighted by Crippen LogP contribution is -1.99. The van der Waals surface area contributed by atoms with E-state index in [0.29, 0.717) is 0 Å². The van der Waals surface area contributed by atoms with Crippen molar-refractivity contribution in [2.75, 3.05) is 0 Å². The molecule has 2 nitrogen and oxygen atoms in total. The predicted octanol–water partition coefficient (Wildman–Crippen LogP) is 15.7. The van der Waals surface area contributed by atoms with E-state index in [4.69, 9.17) is 9.05 Å². The van der Waals surface area contributed by atoms with Crippen LogP contribution in [0.3, 0.4) is 0 Å². The highest BCUT2D eigenvalue weighted by Gasteiger charge is 2.19. The van der Waals surface area contributed by atoms with Gasteiger partial charge in [-0.25, -0.2) is 0 Å². The van der Waals surface area contributed by atoms with Crippen molar-refractivity contribution >= 4 is 9.03 Å². The third-order valence-corrected chi connectivity index (χ3v) is 11.3. The van der Waals surface area contributed by atoms with Gasteiger partial charge in [0.15, 0.2) is 0 Å². The summed E-state index contributed by atoms with van der Waals surface area (Å²) in [5.41, 5.74) is 15.9. The summed E-state index contributed by atoms with van der Waals surface area (Å²) in [6.07, 6.45) is 13.8. The molecule has 6 aromatic carbocycles. The topological polar surface area (TPSA) is 18.5 Å². The lowest BCUT2D eigenvalue weighted by molar-refractivity contribution is 0.516. The van der Waals surface area contributed by atoms with Gasteiger partial charge in [-0.2, -0.15) is 0 Å². The maximum absolute atomic E-state index is 6.45. The van der Waals surface area contributed by atoms with E-state index in [2.05, 4.69) is 161 Å². The molecule has 0 heterocycles. The highest BCUT2D eigenvalue weighted by molar-refractivity contribution is 7.27. The Morgan fingerprint density at radius 1 is 0.364 bits per heavy atom. The molecule has 0 bridgehead atoms. The van der Waals surface area contributed by atoms with Crippen LogP contribution in [0.25, 0.3) is 44.5 Å². The molecule has 0 aliphatic heterocycles. The molecular weight excluding hydrogens is 688 g/mol. The summed E-state index contributed by atoms with van der Waals surface area (Å²) in [4.78, 5) is 0. The van der Waals surface area contributed by atoms with Gasteiger partial charge in [-0.1, -0.05) is 163 Å². The van der Waals surface area contributed by atoms with Crippen LogP contribution in [0.15, 0.2) is 133 Å². The highest BCUT2D eigenvalue weighted by Crippen LogP contribution is 2.43. The SMILES string of the molecule is CCCCc1cccc(CCCC)c1-c1ccc(OPOc2ccc(-c3c(CCCC)cccc3CCCC)c(-c3ccccc3)c2)cc1-c1ccccc1. The molecule has 0 aromatic heterocycles. The van der Waals surface area contributed by atoms with E-state index < -0.39 is 0 Å². The third kappa shape index (κ3) is 10.4. The molecule has 284 valence electrons. The highest BCUT2D eigenvalue weighted by atomic mass is 31.1. The number of hydrogen-bond donors (Lipinski definition) is 0. The lowest BCUT2D eigenvalue weighted by atomic mass is 9.85. The van der Waals surface area contributed by atoms with Gasteiger partial charge in [-0.3, -0.25) is 0 Å². The van der Waals surface area contributed by atoms with Crippen molar-refractivity contribution in [1.82, 2.24) is 0 Å². The van der Waals surface area contributed by atoms with Crippen molar-refractivity contribution < 1.29 is 9.05 Å². The molecule has 0 unspecified atom stereocenters. The predicted molar refractivity (Wildman–Crippen MR) is 239 cm³/mol. The van der Waals surface area contributed by atoms with E-state index in [1.54, 1.807) is 0 Å². The minimum absolute atomic E-state index is 0.188. The largest absolute Gasteiger partial charge is 0.441 e. The fourth-order valence-electron chi connectivity index (χ4n) is 7.74. The Morgan fingerprint density at radius 2 is 0.709 bits per heavy atom. The minimum Gasteiger partial charge on any atom is -0.441 e. The first-order valence-corrected chi connectivity index (χ1v) is 21.7. The van der Waals surface area contributed by atoms with Crippen molar-refractivity contribution in [1.29, 1.82) is 0 Å². The fraction of sp³-hybridized carbons (Fsp3) is 0.308. The van der Waals surface area contributed by atoms with Crippen molar-refractivity contribution in [2.24, 2.45) is 0 Å². The van der Waals surface area contributed by atoms with E-state index in [1.165, 1.54) is 118 Å². The first kappa shape index (κ1) is 40.0. The van der Waals surface area contributed by atoms with Crippen LogP contribution >= 0.6 is 9.03 Å². The molecule has 0 radical (unpaired) electrons. The molecule has 0 amide bonds. The Balaban J connectivity index is 1.32. The number of aryl methyl sites for hydroxylation is 4. The lowest BCUT2D eigenvalue weighted by Gasteiger charge is -2.20. The molecule has 0 saturated heterocycles. The first-order valence-electron chi connectivity index (χ1n) is 20.8. The third-order valence-electron chi connectivity index (χ3n) is 10.7. The summed E-state index contributed by atoms with van der Waals surface area (Å²) >= 11 is 0. The molecule has 0 spiro atoms. The molecule has 55 heavy (non-hydrogen) atoms. The van der Waals surface area contributed by atoms with Gasteiger partial charge in [0, 0.05) is 0 Å². The minimum atomic E-state index is -0.188. The zero-order chi connectivity index (χ0) is 38.2. The number of benzene rings is 6. The van der Waals surface area contributed by atoms with E-state index in [1.807, 2.05) is 0 Å². The Kier molecular flexibility index (Phi) is 15.2. The van der Waals surface area contributed by atoms with Crippen molar-refractivity contribution in [2.45, 2.75) is 105 Å². The van der Waals surface area contributed by atoms with Gasteiger partial charge in [0.1, 0.15) is 11.5 Å². The van der Waals surface area contributed by atoms with Gasteiger partial charge >= 0.3 is 0 Å². The van der Waals surface area contributed by atoms with E-state index >= 15 is 0 Å². The molecule has 6 aromatic rings. The number of unbranched alkanes of at least 4 members (excludes halogenated alkanes) is 4. The molecule has 6 rings (SSSR count). The van der Waals surface area contributed by atoms with Crippen molar-refractivity contribution in [3.05, 3.63) is 156 Å². The zero-order valence-corrected chi connectivity index (χ0v) is 34.5. The number of hydrogen-bond acceptors (Lipinski definition) is 2. The second kappa shape index (κ2) is 20.9. The van der Waals surface area contributed by atoms with Crippen LogP contribution in [0.2, 0.25) is 0 Å². The summed E-state index contributed by atoms with van der Waals surface area (Å²) in [5, 5.41) is 0. The smallest absolute Gasteiger partial charge is 0.275 e. The van der Waals surface area contributed by atoms with Gasteiger partial charge in [-0.05, 0) is 142 Å². The average molecular weight is 747 g/mol. The van der Waals surface area contributed by atoms with E-state index in [0.717, 1.165) is 37.2 Å². The summed E-state index contributed by atoms with van der Waals surface area (Å²) in [6.45, 7) is 9.11. The second-order valence-electron chi connectivity index (χ2n) is 14.8. The molecule has 3 heteroatoms. The van der Waals surface area contributed by atoms with Crippen LogP contribution < -0.4 is 9.05 Å². The maximum atomic E-state index is 6.45. The maximum Gasteiger partial charge on any atom is 0.275 e. The van der Waals surface area contributed by atoms with Gasteiger partial charge in [0.25, 0.3) is 9.03 Å². The first-order chi connectivity index (χ1) is 27.1. The van der Waals surface area contributed by atoms with Crippen LogP contribution in [0, 0.1) is 0 Å². The van der Waals surface area contributed by atoms with Gasteiger partial charge < -0.3 is 9.05 Å². The Morgan fingerprint density at radius 3 is 1.04 bits per heavy atom. The number of rotatable bonds is 20. The Bertz CT molecular complexity index is 1880. The summed E-state index contributed by atoms with van der Waals surface area (Å²) < 4.78 is 12.9. The summed E-state index contributed by atoms with van der Waals surface area (Å²) in [7, 11) is -0.188. The van der Waals surface area contributed by atoms with Gasteiger partial charge in [0.2, 0.25) is 0 Å². The summed E-state index contributed by atoms with van der Waals surface area (Å²) in [6, 6.07) is 48.6. The van der Waals surface area contributed by atoms with Crippen LogP contribution in [0.5, 0.6) is 11.5 Å². The molecule has 0 atom stereocenters. The monoisotopic (exact) mass is 746 g/mol. The average Bonchev–Trinajstić information content (AvgIpc) is 3.24. The van der Waals surface area contributed by atoms with Crippen LogP contribution in [-0.4, -0.2) is 0 Å². The summed E-state index contributed by atoms with van der Waals surface area (Å²) in [5.74, 6) is 1.62. The normalized spacial score (nSPS) is 11.1. The van der Waals surface area contributed by atoms with Crippen LogP contribution in [0.4, 0.5) is 0 Å². The Hall–Kier alpha value is -4.65.